The van der Waals surface area contributed by atoms with Crippen molar-refractivity contribution in [1.82, 2.24) is 10.6 Å². The molecular formula is C5H7N3NaO2. The van der Waals surface area contributed by atoms with Crippen molar-refractivity contribution in [1.29, 1.82) is 5.26 Å². The fraction of sp³-hybridized carbons (Fsp3) is 0.400. The average molecular weight is 164 g/mol. The summed E-state index contributed by atoms with van der Waals surface area (Å²) in [6.07, 6.45) is 0.886. The summed E-state index contributed by atoms with van der Waals surface area (Å²) in [4.78, 5) is 19.5. The van der Waals surface area contributed by atoms with Crippen molar-refractivity contribution in [3.8, 4) is 6.07 Å². The van der Waals surface area contributed by atoms with Gasteiger partial charge in [-0.1, -0.05) is 0 Å². The van der Waals surface area contributed by atoms with Gasteiger partial charge < -0.3 is 10.6 Å². The Labute approximate surface area is 86.4 Å². The van der Waals surface area contributed by atoms with Crippen LogP contribution in [0.2, 0.25) is 0 Å². The molecule has 0 aliphatic carbocycles. The van der Waals surface area contributed by atoms with Gasteiger partial charge in [-0.25, -0.2) is 0 Å². The minimum Gasteiger partial charge on any atom is -0.356 e. The molecule has 1 atom stereocenters. The van der Waals surface area contributed by atoms with Crippen molar-refractivity contribution in [3.05, 3.63) is 0 Å². The zero-order valence-corrected chi connectivity index (χ0v) is 8.20. The predicted octanol–water partition coefficient (Wildman–Crippen LogP) is -2.01. The molecule has 0 fully saturated rings. The first-order valence-electron chi connectivity index (χ1n) is 2.61. The van der Waals surface area contributed by atoms with E-state index in [1.165, 1.54) is 0 Å². The van der Waals surface area contributed by atoms with Gasteiger partial charge in [-0.05, 0) is 0 Å². The van der Waals surface area contributed by atoms with Crippen molar-refractivity contribution in [2.75, 3.05) is 6.54 Å². The molecule has 0 bridgehead atoms. The average Bonchev–Trinajstić information content (AvgIpc) is 1.98. The van der Waals surface area contributed by atoms with E-state index in [9.17, 15) is 9.59 Å². The summed E-state index contributed by atoms with van der Waals surface area (Å²) in [5.41, 5.74) is 0. The fourth-order valence-corrected chi connectivity index (χ4v) is 0.390. The predicted molar refractivity (Wildman–Crippen MR) is 38.4 cm³/mol. The molecule has 0 spiro atoms. The molecular weight excluding hydrogens is 157 g/mol. The van der Waals surface area contributed by atoms with Gasteiger partial charge >= 0.3 is 0 Å². The van der Waals surface area contributed by atoms with Gasteiger partial charge in [0, 0.05) is 29.6 Å². The third-order valence-corrected chi connectivity index (χ3v) is 0.830. The molecule has 2 N–H and O–H groups in total. The van der Waals surface area contributed by atoms with Gasteiger partial charge in [0.25, 0.3) is 0 Å². The number of nitrogens with zero attached hydrogens (tertiary/aromatic N) is 1. The summed E-state index contributed by atoms with van der Waals surface area (Å²) in [6.45, 7) is 0.138. The number of carbonyl (C=O) groups is 2. The van der Waals surface area contributed by atoms with Crippen molar-refractivity contribution in [3.63, 3.8) is 0 Å². The molecule has 0 aliphatic rings. The molecule has 2 amide bonds. The van der Waals surface area contributed by atoms with Crippen molar-refractivity contribution in [2.45, 2.75) is 6.04 Å². The number of carbonyl (C=O) groups excluding carboxylic acids is 2. The number of hydrogen-bond acceptors (Lipinski definition) is 3. The molecule has 6 heteroatoms. The Morgan fingerprint density at radius 2 is 2.09 bits per heavy atom. The Bertz CT molecular complexity index is 156. The van der Waals surface area contributed by atoms with Gasteiger partial charge in [-0.15, -0.1) is 0 Å². The van der Waals surface area contributed by atoms with E-state index in [0.29, 0.717) is 12.8 Å². The van der Waals surface area contributed by atoms with Gasteiger partial charge in [-0.3, -0.25) is 9.59 Å². The van der Waals surface area contributed by atoms with Crippen molar-refractivity contribution in [2.24, 2.45) is 0 Å². The van der Waals surface area contributed by atoms with Crippen LogP contribution in [0.1, 0.15) is 0 Å². The fourth-order valence-electron chi connectivity index (χ4n) is 0.390. The first-order valence-corrected chi connectivity index (χ1v) is 2.61. The second kappa shape index (κ2) is 9.43. The van der Waals surface area contributed by atoms with Crippen LogP contribution >= 0.6 is 0 Å². The van der Waals surface area contributed by atoms with Gasteiger partial charge in [0.2, 0.25) is 12.8 Å². The summed E-state index contributed by atoms with van der Waals surface area (Å²) >= 11 is 0. The summed E-state index contributed by atoms with van der Waals surface area (Å²) in [7, 11) is 0. The molecule has 0 aromatic rings. The van der Waals surface area contributed by atoms with Crippen LogP contribution in [-0.4, -0.2) is 55.0 Å². The molecule has 55 valence electrons. The van der Waals surface area contributed by atoms with Crippen LogP contribution in [0.25, 0.3) is 0 Å². The molecule has 5 nitrogen and oxygen atoms in total. The van der Waals surface area contributed by atoms with Crippen molar-refractivity contribution < 1.29 is 9.59 Å². The van der Waals surface area contributed by atoms with Gasteiger partial charge in [-0.2, -0.15) is 5.26 Å². The Kier molecular flexibility index (Phi) is 11.2. The van der Waals surface area contributed by atoms with Crippen molar-refractivity contribution >= 4 is 42.4 Å². The van der Waals surface area contributed by atoms with E-state index in [1.54, 1.807) is 6.07 Å². The molecule has 1 radical (unpaired) electrons. The third-order valence-electron chi connectivity index (χ3n) is 0.830. The maximum Gasteiger partial charge on any atom is 0.208 e. The molecule has 11 heavy (non-hydrogen) atoms. The molecule has 0 rings (SSSR count). The largest absolute Gasteiger partial charge is 0.356 e. The SMILES string of the molecule is N#CC(CNC=O)NC=O.[Na]. The number of rotatable bonds is 5. The maximum absolute atomic E-state index is 9.76. The summed E-state index contributed by atoms with van der Waals surface area (Å²) in [5.74, 6) is 0. The number of nitriles is 1. The minimum atomic E-state index is -0.636. The minimum absolute atomic E-state index is 0. The van der Waals surface area contributed by atoms with Crippen LogP contribution in [0.3, 0.4) is 0 Å². The smallest absolute Gasteiger partial charge is 0.208 e. The molecule has 0 heterocycles. The van der Waals surface area contributed by atoms with Gasteiger partial charge in [0.05, 0.1) is 12.6 Å². The molecule has 1 unspecified atom stereocenters. The number of amides is 2. The van der Waals surface area contributed by atoms with Crippen LogP contribution in [0.5, 0.6) is 0 Å². The first-order chi connectivity index (χ1) is 4.85. The summed E-state index contributed by atoms with van der Waals surface area (Å²) < 4.78 is 0. The maximum atomic E-state index is 9.76. The topological polar surface area (TPSA) is 82.0 Å². The Morgan fingerprint density at radius 1 is 1.45 bits per heavy atom. The van der Waals surface area contributed by atoms with E-state index in [0.717, 1.165) is 0 Å². The second-order valence-corrected chi connectivity index (χ2v) is 1.49. The van der Waals surface area contributed by atoms with E-state index >= 15 is 0 Å². The monoisotopic (exact) mass is 164 g/mol. The van der Waals surface area contributed by atoms with Gasteiger partial charge in [0.1, 0.15) is 6.04 Å². The van der Waals surface area contributed by atoms with Crippen LogP contribution in [0.4, 0.5) is 0 Å². The molecule has 0 saturated heterocycles. The van der Waals surface area contributed by atoms with E-state index in [1.807, 2.05) is 0 Å². The third kappa shape index (κ3) is 7.33. The van der Waals surface area contributed by atoms with Gasteiger partial charge in [0.15, 0.2) is 0 Å². The molecule has 0 saturated carbocycles. The van der Waals surface area contributed by atoms with Crippen LogP contribution < -0.4 is 10.6 Å². The van der Waals surface area contributed by atoms with Crippen LogP contribution in [0, 0.1) is 11.3 Å². The van der Waals surface area contributed by atoms with Crippen LogP contribution in [-0.2, 0) is 9.59 Å². The normalized spacial score (nSPS) is 9.73. The summed E-state index contributed by atoms with van der Waals surface area (Å²) in [5, 5.41) is 12.7. The zero-order chi connectivity index (χ0) is 7.82. The van der Waals surface area contributed by atoms with E-state index in [-0.39, 0.29) is 36.1 Å². The molecule has 0 aromatic heterocycles. The van der Waals surface area contributed by atoms with E-state index < -0.39 is 6.04 Å². The molecule has 0 aromatic carbocycles. The molecule has 0 aliphatic heterocycles. The number of hydrogen-bond donors (Lipinski definition) is 2. The van der Waals surface area contributed by atoms with E-state index in [2.05, 4.69) is 10.6 Å². The Hall–Kier alpha value is -0.570. The van der Waals surface area contributed by atoms with Crippen LogP contribution in [0.15, 0.2) is 0 Å². The second-order valence-electron chi connectivity index (χ2n) is 1.49. The Balaban J connectivity index is 0. The Morgan fingerprint density at radius 3 is 2.45 bits per heavy atom. The zero-order valence-electron chi connectivity index (χ0n) is 6.20. The standard InChI is InChI=1S/C5H7N3O2.Na/c6-1-5(8-4-10)2-7-3-9;/h3-5H,2H2,(H,7,9)(H,8,10);. The quantitative estimate of drug-likeness (QED) is 0.364. The number of nitrogens with one attached hydrogen (secondary N) is 2. The summed E-state index contributed by atoms with van der Waals surface area (Å²) in [6, 6.07) is 1.14. The first kappa shape index (κ1) is 13.1. The van der Waals surface area contributed by atoms with E-state index in [4.69, 9.17) is 5.26 Å².